The summed E-state index contributed by atoms with van der Waals surface area (Å²) in [6, 6.07) is 11.2. The van der Waals surface area contributed by atoms with E-state index < -0.39 is 6.04 Å². The number of carbonyl (C=O) groups is 2. The lowest BCUT2D eigenvalue weighted by molar-refractivity contribution is -0.155. The number of benzene rings is 1. The van der Waals surface area contributed by atoms with E-state index in [1.54, 1.807) is 22.8 Å². The van der Waals surface area contributed by atoms with Gasteiger partial charge in [0.15, 0.2) is 0 Å². The number of carbonyl (C=O) groups excluding carboxylic acids is 2. The lowest BCUT2D eigenvalue weighted by atomic mass is 10.0. The third-order valence-corrected chi connectivity index (χ3v) is 4.26. The van der Waals surface area contributed by atoms with Crippen LogP contribution in [0.25, 0.3) is 0 Å². The molecule has 1 aliphatic heterocycles. The van der Waals surface area contributed by atoms with Gasteiger partial charge in [-0.2, -0.15) is 5.10 Å². The molecule has 0 N–H and O–H groups in total. The molecule has 6 heteroatoms. The molecule has 0 unspecified atom stereocenters. The van der Waals surface area contributed by atoms with Gasteiger partial charge < -0.3 is 9.80 Å². The quantitative estimate of drug-likeness (QED) is 0.840. The Labute approximate surface area is 135 Å². The number of piperazine rings is 1. The highest BCUT2D eigenvalue weighted by Crippen LogP contribution is 2.19. The number of aromatic nitrogens is 2. The number of aryl methyl sites for hydroxylation is 1. The van der Waals surface area contributed by atoms with E-state index >= 15 is 0 Å². The topological polar surface area (TPSA) is 58.4 Å². The molecule has 120 valence electrons. The molecule has 1 aromatic carbocycles. The molecule has 6 nitrogen and oxygen atoms in total. The van der Waals surface area contributed by atoms with E-state index in [1.807, 2.05) is 43.4 Å². The van der Waals surface area contributed by atoms with Crippen molar-refractivity contribution in [2.45, 2.75) is 19.0 Å². The van der Waals surface area contributed by atoms with Crippen molar-refractivity contribution in [3.8, 4) is 0 Å². The van der Waals surface area contributed by atoms with Crippen LogP contribution < -0.4 is 0 Å². The van der Waals surface area contributed by atoms with Gasteiger partial charge in [-0.25, -0.2) is 0 Å². The molecule has 0 aliphatic carbocycles. The van der Waals surface area contributed by atoms with Crippen LogP contribution in [0.5, 0.6) is 0 Å². The zero-order chi connectivity index (χ0) is 16.4. The smallest absolute Gasteiger partial charge is 0.245 e. The van der Waals surface area contributed by atoms with Crippen LogP contribution in [0.1, 0.15) is 11.3 Å². The van der Waals surface area contributed by atoms with Crippen molar-refractivity contribution in [1.29, 1.82) is 0 Å². The van der Waals surface area contributed by atoms with Crippen LogP contribution in [0.15, 0.2) is 42.6 Å². The van der Waals surface area contributed by atoms with Gasteiger partial charge in [0.1, 0.15) is 6.04 Å². The van der Waals surface area contributed by atoms with Gasteiger partial charge in [-0.15, -0.1) is 0 Å². The SMILES string of the molecule is CN1CC(=O)N(Cc2ccnn2C)[C@@H](Cc2ccccc2)C1=O. The highest BCUT2D eigenvalue weighted by molar-refractivity contribution is 5.94. The first-order valence-corrected chi connectivity index (χ1v) is 7.61. The first-order chi connectivity index (χ1) is 11.1. The number of hydrogen-bond acceptors (Lipinski definition) is 3. The number of likely N-dealkylation sites (N-methyl/N-ethyl adjacent to an activating group) is 1. The lowest BCUT2D eigenvalue weighted by Crippen LogP contribution is -2.59. The molecular weight excluding hydrogens is 292 g/mol. The van der Waals surface area contributed by atoms with Crippen LogP contribution in [0.3, 0.4) is 0 Å². The van der Waals surface area contributed by atoms with Gasteiger partial charge in [0.05, 0.1) is 18.8 Å². The zero-order valence-corrected chi connectivity index (χ0v) is 13.3. The Hall–Kier alpha value is -2.63. The Bertz CT molecular complexity index is 710. The number of nitrogens with zero attached hydrogens (tertiary/aromatic N) is 4. The van der Waals surface area contributed by atoms with Crippen LogP contribution in [0, 0.1) is 0 Å². The van der Waals surface area contributed by atoms with Crippen LogP contribution in [0.4, 0.5) is 0 Å². The monoisotopic (exact) mass is 312 g/mol. The van der Waals surface area contributed by atoms with Gasteiger partial charge >= 0.3 is 0 Å². The molecule has 1 fully saturated rings. The summed E-state index contributed by atoms with van der Waals surface area (Å²) in [7, 11) is 3.52. The van der Waals surface area contributed by atoms with E-state index in [0.29, 0.717) is 13.0 Å². The summed E-state index contributed by atoms with van der Waals surface area (Å²) in [6.07, 6.45) is 2.22. The normalized spacial score (nSPS) is 18.6. The second-order valence-corrected chi connectivity index (χ2v) is 5.87. The van der Waals surface area contributed by atoms with Crippen molar-refractivity contribution in [3.05, 3.63) is 53.9 Å². The lowest BCUT2D eigenvalue weighted by Gasteiger charge is -2.39. The largest absolute Gasteiger partial charge is 0.335 e. The Balaban J connectivity index is 1.87. The number of rotatable bonds is 4. The average Bonchev–Trinajstić information content (AvgIpc) is 2.94. The Morgan fingerprint density at radius 1 is 1.13 bits per heavy atom. The standard InChI is InChI=1S/C17H20N4O2/c1-19-12-16(22)21(11-14-8-9-18-20(14)2)15(17(19)23)10-13-6-4-3-5-7-13/h3-9,15H,10-12H2,1-2H3/t15-/m0/s1. The van der Waals surface area contributed by atoms with Crippen LogP contribution >= 0.6 is 0 Å². The zero-order valence-electron chi connectivity index (χ0n) is 13.3. The first kappa shape index (κ1) is 15.3. The van der Waals surface area contributed by atoms with Crippen molar-refractivity contribution >= 4 is 11.8 Å². The summed E-state index contributed by atoms with van der Waals surface area (Å²) in [5, 5.41) is 4.13. The maximum absolute atomic E-state index is 12.6. The molecule has 0 saturated carbocycles. The molecule has 3 rings (SSSR count). The fraction of sp³-hybridized carbons (Fsp3) is 0.353. The minimum atomic E-state index is -0.474. The number of hydrogen-bond donors (Lipinski definition) is 0. The van der Waals surface area contributed by atoms with Crippen LogP contribution in [-0.2, 0) is 29.6 Å². The second-order valence-electron chi connectivity index (χ2n) is 5.87. The van der Waals surface area contributed by atoms with E-state index in [-0.39, 0.29) is 18.4 Å². The third-order valence-electron chi connectivity index (χ3n) is 4.26. The summed E-state index contributed by atoms with van der Waals surface area (Å²) >= 11 is 0. The van der Waals surface area contributed by atoms with Crippen molar-refractivity contribution in [2.75, 3.05) is 13.6 Å². The van der Waals surface area contributed by atoms with Gasteiger partial charge in [0.25, 0.3) is 0 Å². The molecular formula is C17H20N4O2. The minimum Gasteiger partial charge on any atom is -0.335 e. The van der Waals surface area contributed by atoms with E-state index in [0.717, 1.165) is 11.3 Å². The molecule has 0 radical (unpaired) electrons. The molecule has 0 bridgehead atoms. The fourth-order valence-corrected chi connectivity index (χ4v) is 2.90. The first-order valence-electron chi connectivity index (χ1n) is 7.61. The van der Waals surface area contributed by atoms with Crippen LogP contribution in [-0.4, -0.2) is 51.0 Å². The van der Waals surface area contributed by atoms with Crippen molar-refractivity contribution in [1.82, 2.24) is 19.6 Å². The van der Waals surface area contributed by atoms with Gasteiger partial charge in [-0.3, -0.25) is 14.3 Å². The Morgan fingerprint density at radius 3 is 2.52 bits per heavy atom. The van der Waals surface area contributed by atoms with E-state index in [1.165, 1.54) is 4.90 Å². The van der Waals surface area contributed by atoms with Crippen LogP contribution in [0.2, 0.25) is 0 Å². The molecule has 2 aromatic rings. The number of amides is 2. The highest BCUT2D eigenvalue weighted by Gasteiger charge is 2.37. The highest BCUT2D eigenvalue weighted by atomic mass is 16.2. The summed E-state index contributed by atoms with van der Waals surface area (Å²) in [5.74, 6) is -0.0511. The fourth-order valence-electron chi connectivity index (χ4n) is 2.90. The second kappa shape index (κ2) is 6.24. The molecule has 0 spiro atoms. The van der Waals surface area contributed by atoms with Gasteiger partial charge in [-0.1, -0.05) is 30.3 Å². The van der Waals surface area contributed by atoms with Crippen molar-refractivity contribution in [2.24, 2.45) is 7.05 Å². The third kappa shape index (κ3) is 3.11. The molecule has 1 aliphatic rings. The van der Waals surface area contributed by atoms with Crippen molar-refractivity contribution in [3.63, 3.8) is 0 Å². The minimum absolute atomic E-state index is 0.0179. The average molecular weight is 312 g/mol. The predicted octanol–water partition coefficient (Wildman–Crippen LogP) is 0.832. The molecule has 1 saturated heterocycles. The summed E-state index contributed by atoms with van der Waals surface area (Å²) in [5.41, 5.74) is 1.96. The maximum Gasteiger partial charge on any atom is 0.245 e. The van der Waals surface area contributed by atoms with E-state index in [9.17, 15) is 9.59 Å². The van der Waals surface area contributed by atoms with E-state index in [2.05, 4.69) is 5.10 Å². The van der Waals surface area contributed by atoms with E-state index in [4.69, 9.17) is 0 Å². The van der Waals surface area contributed by atoms with Gasteiger partial charge in [0, 0.05) is 26.7 Å². The molecule has 2 heterocycles. The molecule has 23 heavy (non-hydrogen) atoms. The maximum atomic E-state index is 12.6. The summed E-state index contributed by atoms with van der Waals surface area (Å²) < 4.78 is 1.73. The van der Waals surface area contributed by atoms with Gasteiger partial charge in [0.2, 0.25) is 11.8 Å². The van der Waals surface area contributed by atoms with Gasteiger partial charge in [-0.05, 0) is 11.6 Å². The molecule has 1 atom stereocenters. The predicted molar refractivity (Wildman–Crippen MR) is 85.3 cm³/mol. The summed E-state index contributed by atoms with van der Waals surface area (Å²) in [6.45, 7) is 0.522. The summed E-state index contributed by atoms with van der Waals surface area (Å²) in [4.78, 5) is 28.3. The molecule has 2 amide bonds. The van der Waals surface area contributed by atoms with Crippen molar-refractivity contribution < 1.29 is 9.59 Å². The Morgan fingerprint density at radius 2 is 1.87 bits per heavy atom. The Kier molecular flexibility index (Phi) is 4.14. The molecule has 1 aromatic heterocycles.